The van der Waals surface area contributed by atoms with Gasteiger partial charge in [0, 0.05) is 29.4 Å². The van der Waals surface area contributed by atoms with Gasteiger partial charge in [-0.15, -0.1) is 0 Å². The molecule has 1 atom stereocenters. The summed E-state index contributed by atoms with van der Waals surface area (Å²) in [5.74, 6) is 1.84. The van der Waals surface area contributed by atoms with E-state index in [1.165, 1.54) is 110 Å². The van der Waals surface area contributed by atoms with E-state index in [1.807, 2.05) is 0 Å². The second kappa shape index (κ2) is 17.6. The monoisotopic (exact) mass is 697 g/mol. The van der Waals surface area contributed by atoms with E-state index >= 15 is 0 Å². The second-order valence-electron chi connectivity index (χ2n) is 14.2. The molecule has 1 aromatic heterocycles. The fraction of sp³-hybridized carbons (Fsp3) is 0.400. The maximum Gasteiger partial charge on any atom is 2.00 e. The number of benzene rings is 4. The zero-order valence-electron chi connectivity index (χ0n) is 30.4. The molecule has 0 bridgehead atoms. The number of oxazole rings is 1. The van der Waals surface area contributed by atoms with Crippen LogP contribution in [0, 0.1) is 20.8 Å². The SMILES string of the molecule is C1CCCC1.C[n+]1c(C=C2N(CCCCC3CCCC3)c3ccc4ccccc4c3C2(C)Cc2ccccc2)oc2ccccc21.[CH3-].[CH3-].[Fe+2]. The number of hydrogen-bond acceptors (Lipinski definition) is 2. The summed E-state index contributed by atoms with van der Waals surface area (Å²) in [5, 5.41) is 2.67. The van der Waals surface area contributed by atoms with Crippen LogP contribution in [0.3, 0.4) is 0 Å². The molecule has 0 radical (unpaired) electrons. The van der Waals surface area contributed by atoms with Crippen molar-refractivity contribution in [1.82, 2.24) is 0 Å². The molecule has 260 valence electrons. The first-order chi connectivity index (χ1) is 22.6. The van der Waals surface area contributed by atoms with E-state index in [1.54, 1.807) is 0 Å². The van der Waals surface area contributed by atoms with Gasteiger partial charge in [-0.2, -0.15) is 4.57 Å². The number of rotatable bonds is 8. The summed E-state index contributed by atoms with van der Waals surface area (Å²) >= 11 is 0. The Bertz CT molecular complexity index is 1790. The topological polar surface area (TPSA) is 20.3 Å². The van der Waals surface area contributed by atoms with Crippen LogP contribution >= 0.6 is 0 Å². The van der Waals surface area contributed by atoms with Crippen molar-refractivity contribution in [3.63, 3.8) is 0 Å². The smallest absolute Gasteiger partial charge is 0.398 e. The van der Waals surface area contributed by atoms with Gasteiger partial charge in [-0.3, -0.25) is 0 Å². The third-order valence-electron chi connectivity index (χ3n) is 11.0. The number of nitrogens with zero attached hydrogens (tertiary/aromatic N) is 2. The summed E-state index contributed by atoms with van der Waals surface area (Å²) in [5.41, 5.74) is 7.33. The third-order valence-corrected chi connectivity index (χ3v) is 11.0. The Balaban J connectivity index is 0.000000623. The number of anilines is 1. The van der Waals surface area contributed by atoms with Crippen LogP contribution in [0.4, 0.5) is 5.69 Å². The van der Waals surface area contributed by atoms with Gasteiger partial charge in [-0.05, 0) is 59.7 Å². The second-order valence-corrected chi connectivity index (χ2v) is 14.2. The first-order valence-electron chi connectivity index (χ1n) is 18.1. The molecule has 49 heavy (non-hydrogen) atoms. The molecule has 0 spiro atoms. The Morgan fingerprint density at radius 1 is 0.776 bits per heavy atom. The van der Waals surface area contributed by atoms with E-state index in [0.29, 0.717) is 0 Å². The van der Waals surface area contributed by atoms with E-state index in [2.05, 4.69) is 121 Å². The molecule has 5 aromatic rings. The fourth-order valence-corrected chi connectivity index (χ4v) is 8.53. The molecule has 0 N–H and O–H groups in total. The number of fused-ring (bicyclic) bond motifs is 4. The summed E-state index contributed by atoms with van der Waals surface area (Å²) in [4.78, 5) is 2.63. The number of hydrogen-bond donors (Lipinski definition) is 0. The van der Waals surface area contributed by atoms with E-state index in [-0.39, 0.29) is 37.3 Å². The van der Waals surface area contributed by atoms with Crippen molar-refractivity contribution < 1.29 is 26.1 Å². The number of aromatic nitrogens is 1. The maximum atomic E-state index is 6.49. The molecule has 0 amide bonds. The molecule has 4 heteroatoms. The van der Waals surface area contributed by atoms with Crippen LogP contribution in [0.15, 0.2) is 101 Å². The Morgan fingerprint density at radius 2 is 1.43 bits per heavy atom. The first kappa shape index (κ1) is 38.5. The van der Waals surface area contributed by atoms with Gasteiger partial charge >= 0.3 is 23.0 Å². The fourth-order valence-electron chi connectivity index (χ4n) is 8.53. The first-order valence-corrected chi connectivity index (χ1v) is 18.1. The van der Waals surface area contributed by atoms with Gasteiger partial charge in [0.25, 0.3) is 5.52 Å². The molecule has 4 aromatic carbocycles. The zero-order valence-corrected chi connectivity index (χ0v) is 31.5. The average Bonchev–Trinajstić information content (AvgIpc) is 3.91. The summed E-state index contributed by atoms with van der Waals surface area (Å²) in [6.07, 6.45) is 20.4. The van der Waals surface area contributed by atoms with E-state index < -0.39 is 0 Å². The molecule has 8 rings (SSSR count). The number of para-hydroxylation sites is 2. The van der Waals surface area contributed by atoms with Crippen LogP contribution in [0.25, 0.3) is 27.9 Å². The molecule has 3 aliphatic rings. The van der Waals surface area contributed by atoms with Crippen molar-refractivity contribution in [3.8, 4) is 0 Å². The van der Waals surface area contributed by atoms with E-state index in [0.717, 1.165) is 35.9 Å². The van der Waals surface area contributed by atoms with Crippen LogP contribution in [0.2, 0.25) is 0 Å². The molecule has 3 nitrogen and oxygen atoms in total. The quantitative estimate of drug-likeness (QED) is 0.0696. The Morgan fingerprint density at radius 3 is 2.14 bits per heavy atom. The van der Waals surface area contributed by atoms with Gasteiger partial charge in [-0.1, -0.05) is 143 Å². The van der Waals surface area contributed by atoms with Gasteiger partial charge in [0.2, 0.25) is 5.58 Å². The summed E-state index contributed by atoms with van der Waals surface area (Å²) < 4.78 is 8.69. The van der Waals surface area contributed by atoms with Crippen LogP contribution in [-0.2, 0) is 36.0 Å². The standard InChI is InChI=1S/C38H41N2O.C5H10.2CH3.Fe/c1-38(27-29-17-4-3-5-18-29)35(26-36-39(2)32-21-10-11-22-34(32)41-36)40(25-13-12-16-28-14-6-7-15-28)33-24-23-30-19-8-9-20-31(30)37(33)38;1-2-4-5-3-1;;;/h3-5,8-11,17-24,26,28H,6-7,12-16,25,27H2,1-2H3;1-5H2;2*1H3;/q+1;;2*-1;+2. The maximum absolute atomic E-state index is 6.49. The van der Waals surface area contributed by atoms with Crippen molar-refractivity contribution in [3.05, 3.63) is 129 Å². The predicted molar refractivity (Wildman–Crippen MR) is 206 cm³/mol. The molecule has 2 aliphatic carbocycles. The van der Waals surface area contributed by atoms with Gasteiger partial charge in [0.05, 0.1) is 6.08 Å². The summed E-state index contributed by atoms with van der Waals surface area (Å²) in [6, 6.07) is 33.0. The number of unbranched alkanes of at least 4 members (excludes halogenated alkanes) is 1. The molecule has 0 saturated heterocycles. The van der Waals surface area contributed by atoms with Gasteiger partial charge < -0.3 is 24.2 Å². The minimum absolute atomic E-state index is 0. The molecule has 1 unspecified atom stereocenters. The van der Waals surface area contributed by atoms with Gasteiger partial charge in [0.15, 0.2) is 0 Å². The molecular formula is C45H57FeN2O+. The van der Waals surface area contributed by atoms with Crippen molar-refractivity contribution in [2.75, 3.05) is 11.4 Å². The summed E-state index contributed by atoms with van der Waals surface area (Å²) in [6.45, 7) is 3.48. The molecule has 2 heterocycles. The van der Waals surface area contributed by atoms with Gasteiger partial charge in [-0.25, -0.2) is 0 Å². The van der Waals surface area contributed by atoms with Crippen LogP contribution in [0.5, 0.6) is 0 Å². The normalized spacial score (nSPS) is 19.2. The molecular weight excluding hydrogens is 640 g/mol. The van der Waals surface area contributed by atoms with Crippen molar-refractivity contribution in [2.45, 2.75) is 95.8 Å². The minimum Gasteiger partial charge on any atom is -0.398 e. The Hall–Kier alpha value is -3.33. The van der Waals surface area contributed by atoms with Gasteiger partial charge in [0.1, 0.15) is 7.05 Å². The van der Waals surface area contributed by atoms with Crippen LogP contribution in [0.1, 0.15) is 101 Å². The molecule has 2 fully saturated rings. The van der Waals surface area contributed by atoms with E-state index in [4.69, 9.17) is 4.42 Å². The van der Waals surface area contributed by atoms with Crippen molar-refractivity contribution in [2.24, 2.45) is 13.0 Å². The minimum atomic E-state index is -0.213. The molecule has 1 aliphatic heterocycles. The largest absolute Gasteiger partial charge is 2.00 e. The third kappa shape index (κ3) is 8.19. The number of aryl methyl sites for hydroxylation is 1. The van der Waals surface area contributed by atoms with Crippen molar-refractivity contribution >= 4 is 33.6 Å². The average molecular weight is 698 g/mol. The van der Waals surface area contributed by atoms with E-state index in [9.17, 15) is 0 Å². The Kier molecular flexibility index (Phi) is 13.8. The Labute approximate surface area is 307 Å². The van der Waals surface area contributed by atoms with Crippen LogP contribution in [-0.4, -0.2) is 6.54 Å². The van der Waals surface area contributed by atoms with Crippen molar-refractivity contribution in [1.29, 1.82) is 0 Å². The summed E-state index contributed by atoms with van der Waals surface area (Å²) in [7, 11) is 2.12. The van der Waals surface area contributed by atoms with Crippen LogP contribution < -0.4 is 9.47 Å². The number of allylic oxidation sites excluding steroid dienone is 1. The predicted octanol–water partition coefficient (Wildman–Crippen LogP) is 12.0. The molecule has 2 saturated carbocycles. The zero-order chi connectivity index (χ0) is 31.3.